The summed E-state index contributed by atoms with van der Waals surface area (Å²) in [6.45, 7) is 0.729. The van der Waals surface area contributed by atoms with E-state index in [0.717, 1.165) is 11.6 Å². The van der Waals surface area contributed by atoms with E-state index in [2.05, 4.69) is 0 Å². The van der Waals surface area contributed by atoms with Crippen molar-refractivity contribution in [1.29, 1.82) is 0 Å². The average Bonchev–Trinajstić information content (AvgIpc) is 2.77. The molecule has 2 unspecified atom stereocenters. The van der Waals surface area contributed by atoms with Gasteiger partial charge < -0.3 is 45.2 Å². The number of hydrogen-bond donors (Lipinski definition) is 7. The molecule has 10 nitrogen and oxygen atoms in total. The zero-order valence-corrected chi connectivity index (χ0v) is 17.3. The molecule has 1 aliphatic heterocycles. The summed E-state index contributed by atoms with van der Waals surface area (Å²) in [5.74, 6) is -1.64. The normalized spacial score (nSPS) is 25.5. The van der Waals surface area contributed by atoms with Gasteiger partial charge in [-0.2, -0.15) is 0 Å². The van der Waals surface area contributed by atoms with Gasteiger partial charge in [0.25, 0.3) is 0 Å². The lowest BCUT2D eigenvalue weighted by atomic mass is 9.97. The molecule has 174 valence electrons. The standard InChI is InChI=1S/C22H26O10/c1-10-14(26)8-15(31-22-21(30)20(29)19(28)16(9-23)32-22)17(18(10)27)13(25)7-4-11-2-5-12(24)6-3-11/h2-3,5-6,8,16,19-24,26-30H,4,7,9H2,1H3/t16?,19-,20+,21?,22-/m1/s1. The Bertz CT molecular complexity index is 956. The van der Waals surface area contributed by atoms with E-state index in [4.69, 9.17) is 9.47 Å². The number of aliphatic hydroxyl groups is 4. The van der Waals surface area contributed by atoms with E-state index in [0.29, 0.717) is 0 Å². The fourth-order valence-electron chi connectivity index (χ4n) is 3.43. The Morgan fingerprint density at radius 2 is 1.69 bits per heavy atom. The van der Waals surface area contributed by atoms with Crippen LogP contribution in [0.5, 0.6) is 23.0 Å². The highest BCUT2D eigenvalue weighted by Crippen LogP contribution is 2.39. The summed E-state index contributed by atoms with van der Waals surface area (Å²) in [4.78, 5) is 12.9. The molecule has 2 aromatic carbocycles. The largest absolute Gasteiger partial charge is 0.508 e. The van der Waals surface area contributed by atoms with Gasteiger partial charge in [0.1, 0.15) is 53.0 Å². The molecule has 1 saturated heterocycles. The molecule has 0 aliphatic carbocycles. The van der Waals surface area contributed by atoms with Crippen LogP contribution in [0, 0.1) is 6.92 Å². The fourth-order valence-corrected chi connectivity index (χ4v) is 3.43. The van der Waals surface area contributed by atoms with Crippen molar-refractivity contribution < 1.29 is 50.0 Å². The van der Waals surface area contributed by atoms with Crippen molar-refractivity contribution in [3.8, 4) is 23.0 Å². The van der Waals surface area contributed by atoms with Crippen molar-refractivity contribution in [3.63, 3.8) is 0 Å². The number of hydrogen-bond acceptors (Lipinski definition) is 10. The van der Waals surface area contributed by atoms with Crippen LogP contribution in [0.25, 0.3) is 0 Å². The van der Waals surface area contributed by atoms with Crippen molar-refractivity contribution in [1.82, 2.24) is 0 Å². The molecule has 1 fully saturated rings. The number of aliphatic hydroxyl groups excluding tert-OH is 4. The molecule has 0 spiro atoms. The highest BCUT2D eigenvalue weighted by Gasteiger charge is 2.45. The Morgan fingerprint density at radius 3 is 2.31 bits per heavy atom. The van der Waals surface area contributed by atoms with E-state index in [-0.39, 0.29) is 41.2 Å². The predicted molar refractivity (Wildman–Crippen MR) is 110 cm³/mol. The molecule has 5 atom stereocenters. The third-order valence-corrected chi connectivity index (χ3v) is 5.44. The minimum absolute atomic E-state index is 0.0409. The number of carbonyl (C=O) groups is 1. The molecule has 1 heterocycles. The van der Waals surface area contributed by atoms with Gasteiger partial charge in [0, 0.05) is 18.1 Å². The van der Waals surface area contributed by atoms with Crippen LogP contribution in [0.2, 0.25) is 0 Å². The molecule has 0 radical (unpaired) electrons. The maximum absolute atomic E-state index is 12.9. The number of aryl methyl sites for hydroxylation is 1. The molecule has 10 heteroatoms. The van der Waals surface area contributed by atoms with Gasteiger partial charge in [0.05, 0.1) is 6.61 Å². The third kappa shape index (κ3) is 4.79. The van der Waals surface area contributed by atoms with E-state index in [1.807, 2.05) is 0 Å². The summed E-state index contributed by atoms with van der Waals surface area (Å²) in [6.07, 6.45) is -7.63. The average molecular weight is 450 g/mol. The van der Waals surface area contributed by atoms with E-state index in [1.54, 1.807) is 12.1 Å². The lowest BCUT2D eigenvalue weighted by Gasteiger charge is -2.39. The second-order valence-electron chi connectivity index (χ2n) is 7.65. The molecule has 7 N–H and O–H groups in total. The number of benzene rings is 2. The van der Waals surface area contributed by atoms with E-state index >= 15 is 0 Å². The second-order valence-corrected chi connectivity index (χ2v) is 7.65. The van der Waals surface area contributed by atoms with Crippen molar-refractivity contribution in [2.24, 2.45) is 0 Å². The first-order valence-electron chi connectivity index (χ1n) is 9.97. The first kappa shape index (κ1) is 23.8. The smallest absolute Gasteiger partial charge is 0.229 e. The van der Waals surface area contributed by atoms with Crippen LogP contribution < -0.4 is 4.74 Å². The van der Waals surface area contributed by atoms with Crippen molar-refractivity contribution in [2.75, 3.05) is 6.61 Å². The molecule has 1 aliphatic rings. The zero-order chi connectivity index (χ0) is 23.6. The van der Waals surface area contributed by atoms with Gasteiger partial charge in [-0.3, -0.25) is 4.79 Å². The maximum Gasteiger partial charge on any atom is 0.229 e. The first-order chi connectivity index (χ1) is 15.1. The minimum atomic E-state index is -1.74. The van der Waals surface area contributed by atoms with Crippen LogP contribution >= 0.6 is 0 Å². The number of phenolic OH excluding ortho intramolecular Hbond substituents is 3. The zero-order valence-electron chi connectivity index (χ0n) is 17.3. The van der Waals surface area contributed by atoms with Crippen LogP contribution in [-0.2, 0) is 11.2 Å². The lowest BCUT2D eigenvalue weighted by molar-refractivity contribution is -0.277. The quantitative estimate of drug-likeness (QED) is 0.286. The molecule has 0 bridgehead atoms. The molecular weight excluding hydrogens is 424 g/mol. The van der Waals surface area contributed by atoms with Crippen molar-refractivity contribution in [2.45, 2.75) is 50.5 Å². The second kappa shape index (κ2) is 9.72. The van der Waals surface area contributed by atoms with Gasteiger partial charge in [-0.05, 0) is 31.0 Å². The number of Topliss-reactive ketones (excluding diaryl/α,β-unsaturated/α-hetero) is 1. The highest BCUT2D eigenvalue weighted by molar-refractivity contribution is 6.02. The summed E-state index contributed by atoms with van der Waals surface area (Å²) in [5.41, 5.74) is 0.553. The Balaban J connectivity index is 1.87. The predicted octanol–water partition coefficient (Wildman–Crippen LogP) is 0.106. The molecular formula is C22H26O10. The van der Waals surface area contributed by atoms with Gasteiger partial charge in [0.2, 0.25) is 6.29 Å². The lowest BCUT2D eigenvalue weighted by Crippen LogP contribution is -2.60. The van der Waals surface area contributed by atoms with Crippen LogP contribution in [-0.4, -0.2) is 78.8 Å². The van der Waals surface area contributed by atoms with Gasteiger partial charge in [0.15, 0.2) is 5.78 Å². The number of aromatic hydroxyl groups is 3. The van der Waals surface area contributed by atoms with Gasteiger partial charge in [-0.1, -0.05) is 12.1 Å². The van der Waals surface area contributed by atoms with Crippen molar-refractivity contribution >= 4 is 5.78 Å². The Morgan fingerprint density at radius 1 is 1.03 bits per heavy atom. The van der Waals surface area contributed by atoms with E-state index < -0.39 is 48.8 Å². The fraction of sp³-hybridized carbons (Fsp3) is 0.409. The van der Waals surface area contributed by atoms with Gasteiger partial charge >= 0.3 is 0 Å². The van der Waals surface area contributed by atoms with E-state index in [1.165, 1.54) is 19.1 Å². The summed E-state index contributed by atoms with van der Waals surface area (Å²) >= 11 is 0. The molecule has 0 saturated carbocycles. The molecule has 32 heavy (non-hydrogen) atoms. The molecule has 3 rings (SSSR count). The number of rotatable bonds is 7. The summed E-state index contributed by atoms with van der Waals surface area (Å²) < 4.78 is 10.8. The van der Waals surface area contributed by atoms with Crippen LogP contribution in [0.3, 0.4) is 0 Å². The monoisotopic (exact) mass is 450 g/mol. The van der Waals surface area contributed by atoms with E-state index in [9.17, 15) is 40.5 Å². The summed E-state index contributed by atoms with van der Waals surface area (Å²) in [7, 11) is 0. The molecule has 2 aromatic rings. The maximum atomic E-state index is 12.9. The SMILES string of the molecule is Cc1c(O)cc(O[C@@H]2OC(CO)[C@@H](O)[C@H](O)C2O)c(C(=O)CCc2ccc(O)cc2)c1O. The van der Waals surface area contributed by atoms with Crippen LogP contribution in [0.4, 0.5) is 0 Å². The summed E-state index contributed by atoms with van der Waals surface area (Å²) in [5, 5.41) is 69.4. The highest BCUT2D eigenvalue weighted by atomic mass is 16.7. The third-order valence-electron chi connectivity index (χ3n) is 5.44. The number of carbonyl (C=O) groups excluding carboxylic acids is 1. The Labute approximate surface area is 183 Å². The Kier molecular flexibility index (Phi) is 7.22. The summed E-state index contributed by atoms with van der Waals surface area (Å²) in [6, 6.07) is 7.33. The van der Waals surface area contributed by atoms with Crippen LogP contribution in [0.15, 0.2) is 30.3 Å². The number of ketones is 1. The van der Waals surface area contributed by atoms with Crippen LogP contribution in [0.1, 0.15) is 27.9 Å². The number of ether oxygens (including phenoxy) is 2. The van der Waals surface area contributed by atoms with Crippen molar-refractivity contribution in [3.05, 3.63) is 47.0 Å². The van der Waals surface area contributed by atoms with Gasteiger partial charge in [-0.15, -0.1) is 0 Å². The Hall–Kier alpha value is -2.89. The molecule has 0 amide bonds. The minimum Gasteiger partial charge on any atom is -0.508 e. The van der Waals surface area contributed by atoms with Gasteiger partial charge in [-0.25, -0.2) is 0 Å². The first-order valence-corrected chi connectivity index (χ1v) is 9.97. The molecule has 0 aromatic heterocycles. The topological polar surface area (TPSA) is 177 Å². The number of phenols is 3.